The number of pyridine rings is 1. The van der Waals surface area contributed by atoms with Gasteiger partial charge in [-0.2, -0.15) is 0 Å². The number of nitrogens with zero attached hydrogens (tertiary/aromatic N) is 3. The standard InChI is InChI=1S/C6H5ClN4/c7-4-1-2-11-3-9-10-6(11)5(4)8/h1-3H,8H2. The third kappa shape index (κ3) is 0.832. The van der Waals surface area contributed by atoms with Crippen LogP contribution < -0.4 is 5.73 Å². The molecule has 2 N–H and O–H groups in total. The van der Waals surface area contributed by atoms with E-state index in [1.54, 1.807) is 23.0 Å². The SMILES string of the molecule is Nc1c(Cl)ccn2cnnc12. The van der Waals surface area contributed by atoms with Crippen LogP contribution in [0.1, 0.15) is 0 Å². The van der Waals surface area contributed by atoms with Crippen LogP contribution in [0.15, 0.2) is 18.6 Å². The topological polar surface area (TPSA) is 56.2 Å². The predicted octanol–water partition coefficient (Wildman–Crippen LogP) is 0.965. The zero-order valence-corrected chi connectivity index (χ0v) is 6.28. The molecule has 0 spiro atoms. The second kappa shape index (κ2) is 2.10. The number of hydrogen-bond acceptors (Lipinski definition) is 3. The van der Waals surface area contributed by atoms with E-state index in [-0.39, 0.29) is 0 Å². The van der Waals surface area contributed by atoms with Gasteiger partial charge < -0.3 is 5.73 Å². The van der Waals surface area contributed by atoms with Crippen molar-refractivity contribution in [1.82, 2.24) is 14.6 Å². The molecule has 0 fully saturated rings. The molecular weight excluding hydrogens is 164 g/mol. The summed E-state index contributed by atoms with van der Waals surface area (Å²) in [7, 11) is 0. The van der Waals surface area contributed by atoms with Crippen molar-refractivity contribution in [1.29, 1.82) is 0 Å². The predicted molar refractivity (Wildman–Crippen MR) is 42.4 cm³/mol. The van der Waals surface area contributed by atoms with Gasteiger partial charge in [0.25, 0.3) is 0 Å². The molecule has 0 radical (unpaired) electrons. The molecule has 0 saturated heterocycles. The van der Waals surface area contributed by atoms with E-state index in [1.165, 1.54) is 0 Å². The number of fused-ring (bicyclic) bond motifs is 1. The van der Waals surface area contributed by atoms with Crippen molar-refractivity contribution in [3.8, 4) is 0 Å². The van der Waals surface area contributed by atoms with E-state index in [4.69, 9.17) is 17.3 Å². The van der Waals surface area contributed by atoms with Crippen molar-refractivity contribution in [2.45, 2.75) is 0 Å². The fourth-order valence-electron chi connectivity index (χ4n) is 0.887. The van der Waals surface area contributed by atoms with Gasteiger partial charge in [0.2, 0.25) is 0 Å². The van der Waals surface area contributed by atoms with E-state index in [2.05, 4.69) is 10.2 Å². The number of nitrogens with two attached hydrogens (primary N) is 1. The molecule has 0 bridgehead atoms. The Morgan fingerprint density at radius 1 is 1.55 bits per heavy atom. The zero-order valence-electron chi connectivity index (χ0n) is 5.53. The van der Waals surface area contributed by atoms with Crippen molar-refractivity contribution in [2.75, 3.05) is 5.73 Å². The molecule has 0 atom stereocenters. The maximum absolute atomic E-state index is 5.74. The van der Waals surface area contributed by atoms with E-state index in [0.29, 0.717) is 16.4 Å². The number of nitrogen functional groups attached to an aromatic ring is 1. The average molecular weight is 169 g/mol. The first-order chi connectivity index (χ1) is 5.29. The summed E-state index contributed by atoms with van der Waals surface area (Å²) in [5.74, 6) is 0. The lowest BCUT2D eigenvalue weighted by Crippen LogP contribution is -1.92. The Kier molecular flexibility index (Phi) is 1.22. The van der Waals surface area contributed by atoms with E-state index >= 15 is 0 Å². The lowest BCUT2D eigenvalue weighted by Gasteiger charge is -1.97. The van der Waals surface area contributed by atoms with Gasteiger partial charge in [0.1, 0.15) is 6.33 Å². The summed E-state index contributed by atoms with van der Waals surface area (Å²) in [5, 5.41) is 7.97. The molecule has 0 saturated carbocycles. The van der Waals surface area contributed by atoms with Crippen LogP contribution in [0.25, 0.3) is 5.65 Å². The Bertz CT molecular complexity index is 394. The summed E-state index contributed by atoms with van der Waals surface area (Å²) in [6, 6.07) is 1.70. The van der Waals surface area contributed by atoms with Crippen molar-refractivity contribution in [3.05, 3.63) is 23.6 Å². The Labute approximate surface area is 67.6 Å². The molecule has 2 heterocycles. The molecule has 0 unspecified atom stereocenters. The van der Waals surface area contributed by atoms with Crippen LogP contribution in [0.3, 0.4) is 0 Å². The molecule has 4 nitrogen and oxygen atoms in total. The van der Waals surface area contributed by atoms with E-state index < -0.39 is 0 Å². The highest BCUT2D eigenvalue weighted by Gasteiger charge is 2.02. The fraction of sp³-hybridized carbons (Fsp3) is 0. The highest BCUT2D eigenvalue weighted by atomic mass is 35.5. The molecule has 56 valence electrons. The highest BCUT2D eigenvalue weighted by Crippen LogP contribution is 2.20. The molecule has 2 rings (SSSR count). The summed E-state index contributed by atoms with van der Waals surface area (Å²) in [6.07, 6.45) is 3.33. The number of halogens is 1. The number of rotatable bonds is 0. The Morgan fingerprint density at radius 2 is 2.36 bits per heavy atom. The van der Waals surface area contributed by atoms with Gasteiger partial charge in [0, 0.05) is 6.20 Å². The molecule has 0 aliphatic rings. The molecule has 11 heavy (non-hydrogen) atoms. The summed E-state index contributed by atoms with van der Waals surface area (Å²) in [4.78, 5) is 0. The maximum atomic E-state index is 5.74. The van der Waals surface area contributed by atoms with Crippen LogP contribution in [0.5, 0.6) is 0 Å². The Morgan fingerprint density at radius 3 is 3.18 bits per heavy atom. The summed E-state index contributed by atoms with van der Waals surface area (Å²) < 4.78 is 1.71. The van der Waals surface area contributed by atoms with E-state index in [1.807, 2.05) is 0 Å². The monoisotopic (exact) mass is 168 g/mol. The number of hydrogen-bond donors (Lipinski definition) is 1. The minimum absolute atomic E-state index is 0.465. The second-order valence-corrected chi connectivity index (χ2v) is 2.55. The minimum Gasteiger partial charge on any atom is -0.394 e. The smallest absolute Gasteiger partial charge is 0.185 e. The maximum Gasteiger partial charge on any atom is 0.185 e. The lowest BCUT2D eigenvalue weighted by molar-refractivity contribution is 1.10. The van der Waals surface area contributed by atoms with Gasteiger partial charge in [-0.1, -0.05) is 11.6 Å². The molecule has 0 aromatic carbocycles. The van der Waals surface area contributed by atoms with Gasteiger partial charge in [-0.05, 0) is 6.07 Å². The fourth-order valence-corrected chi connectivity index (χ4v) is 1.03. The van der Waals surface area contributed by atoms with Gasteiger partial charge in [0.05, 0.1) is 10.7 Å². The van der Waals surface area contributed by atoms with Crippen LogP contribution >= 0.6 is 11.6 Å². The molecule has 0 aliphatic heterocycles. The van der Waals surface area contributed by atoms with Gasteiger partial charge in [-0.25, -0.2) is 0 Å². The first-order valence-electron chi connectivity index (χ1n) is 3.02. The minimum atomic E-state index is 0.465. The third-order valence-electron chi connectivity index (χ3n) is 1.45. The average Bonchev–Trinajstić information content (AvgIpc) is 2.45. The van der Waals surface area contributed by atoms with Crippen molar-refractivity contribution in [3.63, 3.8) is 0 Å². The summed E-state index contributed by atoms with van der Waals surface area (Å²) >= 11 is 5.74. The number of aromatic nitrogens is 3. The second-order valence-electron chi connectivity index (χ2n) is 2.14. The van der Waals surface area contributed by atoms with Crippen LogP contribution in [-0.2, 0) is 0 Å². The molecule has 5 heteroatoms. The molecule has 2 aromatic rings. The lowest BCUT2D eigenvalue weighted by atomic mass is 10.4. The molecule has 0 aliphatic carbocycles. The normalized spacial score (nSPS) is 10.6. The molecule has 0 amide bonds. The third-order valence-corrected chi connectivity index (χ3v) is 1.78. The Hall–Kier alpha value is -1.29. The van der Waals surface area contributed by atoms with Crippen LogP contribution in [0, 0.1) is 0 Å². The van der Waals surface area contributed by atoms with Crippen LogP contribution in [0.4, 0.5) is 5.69 Å². The van der Waals surface area contributed by atoms with Crippen molar-refractivity contribution < 1.29 is 0 Å². The quantitative estimate of drug-likeness (QED) is 0.638. The zero-order chi connectivity index (χ0) is 7.84. The van der Waals surface area contributed by atoms with Crippen LogP contribution in [-0.4, -0.2) is 14.6 Å². The van der Waals surface area contributed by atoms with E-state index in [0.717, 1.165) is 0 Å². The van der Waals surface area contributed by atoms with Crippen LogP contribution in [0.2, 0.25) is 5.02 Å². The highest BCUT2D eigenvalue weighted by molar-refractivity contribution is 6.33. The number of anilines is 1. The van der Waals surface area contributed by atoms with E-state index in [9.17, 15) is 0 Å². The Balaban J connectivity index is 2.93. The van der Waals surface area contributed by atoms with Crippen molar-refractivity contribution in [2.24, 2.45) is 0 Å². The van der Waals surface area contributed by atoms with Gasteiger partial charge in [0.15, 0.2) is 5.65 Å². The summed E-state index contributed by atoms with van der Waals surface area (Å²) in [6.45, 7) is 0. The summed E-state index contributed by atoms with van der Waals surface area (Å²) in [5.41, 5.74) is 6.67. The first kappa shape index (κ1) is 6.42. The first-order valence-corrected chi connectivity index (χ1v) is 3.40. The van der Waals surface area contributed by atoms with Crippen molar-refractivity contribution >= 4 is 22.9 Å². The largest absolute Gasteiger partial charge is 0.394 e. The molecule has 2 aromatic heterocycles. The van der Waals surface area contributed by atoms with Gasteiger partial charge in [-0.15, -0.1) is 10.2 Å². The van der Waals surface area contributed by atoms with Gasteiger partial charge in [-0.3, -0.25) is 4.40 Å². The van der Waals surface area contributed by atoms with Gasteiger partial charge >= 0.3 is 0 Å². The molecular formula is C6H5ClN4.